The van der Waals surface area contributed by atoms with Gasteiger partial charge in [-0.25, -0.2) is 13.8 Å². The molecular formula is C25H23F2N3O3S. The average Bonchev–Trinajstić information content (AvgIpc) is 3.52. The fraction of sp³-hybridized carbons (Fsp3) is 0.240. The Balaban J connectivity index is 1.60. The van der Waals surface area contributed by atoms with Crippen molar-refractivity contribution in [3.8, 4) is 0 Å². The molecule has 0 fully saturated rings. The van der Waals surface area contributed by atoms with Gasteiger partial charge in [0.15, 0.2) is 0 Å². The maximum Gasteiger partial charge on any atom is 0.262 e. The normalized spacial score (nSPS) is 15.3. The number of hydrazone groups is 1. The van der Waals surface area contributed by atoms with Crippen LogP contribution in [0.1, 0.15) is 33.3 Å². The fourth-order valence-electron chi connectivity index (χ4n) is 3.77. The van der Waals surface area contributed by atoms with E-state index in [1.54, 1.807) is 12.1 Å². The van der Waals surface area contributed by atoms with Crippen molar-refractivity contribution < 1.29 is 23.1 Å². The van der Waals surface area contributed by atoms with E-state index in [1.165, 1.54) is 58.7 Å². The Labute approximate surface area is 200 Å². The lowest BCUT2D eigenvalue weighted by Gasteiger charge is -2.27. The molecule has 0 radical (unpaired) electrons. The van der Waals surface area contributed by atoms with Crippen molar-refractivity contribution >= 4 is 28.9 Å². The largest absolute Gasteiger partial charge is 0.383 e. The molecule has 9 heteroatoms. The predicted octanol–water partition coefficient (Wildman–Crippen LogP) is 4.49. The number of thiophene rings is 1. The van der Waals surface area contributed by atoms with E-state index >= 15 is 0 Å². The molecule has 0 saturated carbocycles. The van der Waals surface area contributed by atoms with E-state index in [0.717, 1.165) is 22.2 Å². The predicted molar refractivity (Wildman–Crippen MR) is 126 cm³/mol. The van der Waals surface area contributed by atoms with Gasteiger partial charge in [0.2, 0.25) is 0 Å². The van der Waals surface area contributed by atoms with Crippen LogP contribution >= 0.6 is 11.3 Å². The van der Waals surface area contributed by atoms with Crippen LogP contribution in [-0.2, 0) is 9.53 Å². The Bertz CT molecular complexity index is 1180. The highest BCUT2D eigenvalue weighted by Gasteiger charge is 2.34. The van der Waals surface area contributed by atoms with Gasteiger partial charge in [0, 0.05) is 25.6 Å². The highest BCUT2D eigenvalue weighted by atomic mass is 32.1. The summed E-state index contributed by atoms with van der Waals surface area (Å²) in [6, 6.07) is 14.7. The summed E-state index contributed by atoms with van der Waals surface area (Å²) in [6.07, 6.45) is 0.466. The molecule has 2 heterocycles. The summed E-state index contributed by atoms with van der Waals surface area (Å²) in [5, 5.41) is 7.87. The van der Waals surface area contributed by atoms with E-state index in [4.69, 9.17) is 4.74 Å². The molecule has 0 bridgehead atoms. The molecule has 0 saturated heterocycles. The van der Waals surface area contributed by atoms with E-state index < -0.39 is 23.7 Å². The van der Waals surface area contributed by atoms with E-state index in [2.05, 4.69) is 5.10 Å². The minimum Gasteiger partial charge on any atom is -0.383 e. The molecule has 1 unspecified atom stereocenters. The van der Waals surface area contributed by atoms with Gasteiger partial charge >= 0.3 is 0 Å². The first-order valence-electron chi connectivity index (χ1n) is 10.7. The maximum absolute atomic E-state index is 13.7. The Morgan fingerprint density at radius 2 is 1.91 bits per heavy atom. The number of amides is 2. The van der Waals surface area contributed by atoms with Crippen LogP contribution in [0, 0.1) is 11.6 Å². The second-order valence-corrected chi connectivity index (χ2v) is 8.71. The van der Waals surface area contributed by atoms with Gasteiger partial charge in [-0.1, -0.05) is 24.3 Å². The minimum atomic E-state index is -0.537. The molecule has 0 aliphatic carbocycles. The molecule has 4 rings (SSSR count). The van der Waals surface area contributed by atoms with Crippen molar-refractivity contribution in [1.82, 2.24) is 9.91 Å². The zero-order chi connectivity index (χ0) is 24.1. The zero-order valence-electron chi connectivity index (χ0n) is 18.5. The van der Waals surface area contributed by atoms with Gasteiger partial charge < -0.3 is 9.64 Å². The lowest BCUT2D eigenvalue weighted by Crippen LogP contribution is -2.42. The van der Waals surface area contributed by atoms with Crippen LogP contribution < -0.4 is 0 Å². The smallest absolute Gasteiger partial charge is 0.262 e. The van der Waals surface area contributed by atoms with Crippen LogP contribution in [0.25, 0.3) is 0 Å². The number of carbonyl (C=O) groups excluding carboxylic acids is 2. The molecule has 1 aliphatic rings. The van der Waals surface area contributed by atoms with Crippen molar-refractivity contribution in [2.45, 2.75) is 12.5 Å². The highest BCUT2D eigenvalue weighted by Crippen LogP contribution is 2.34. The number of methoxy groups -OCH3 is 1. The first-order valence-corrected chi connectivity index (χ1v) is 11.6. The summed E-state index contributed by atoms with van der Waals surface area (Å²) in [6.45, 7) is 0.0885. The lowest BCUT2D eigenvalue weighted by atomic mass is 10.0. The molecule has 176 valence electrons. The Morgan fingerprint density at radius 3 is 2.59 bits per heavy atom. The summed E-state index contributed by atoms with van der Waals surface area (Å²) in [4.78, 5) is 28.7. The van der Waals surface area contributed by atoms with Gasteiger partial charge in [-0.3, -0.25) is 9.59 Å². The third-order valence-corrected chi connectivity index (χ3v) is 6.40. The van der Waals surface area contributed by atoms with E-state index in [0.29, 0.717) is 6.42 Å². The van der Waals surface area contributed by atoms with Crippen molar-refractivity contribution in [1.29, 1.82) is 0 Å². The standard InChI is InChI=1S/C25H23F2N3O3S/c1-33-12-11-29(25(32)18-4-2-5-20(27)14-18)16-24(31)30-22(17-7-9-19(26)10-8-17)15-21(28-30)23-6-3-13-34-23/h2-10,13-14,22H,11-12,15-16H2,1H3. The number of benzene rings is 2. The number of hydrogen-bond donors (Lipinski definition) is 0. The molecule has 3 aromatic rings. The maximum atomic E-state index is 13.7. The van der Waals surface area contributed by atoms with E-state index in [-0.39, 0.29) is 31.1 Å². The third-order valence-electron chi connectivity index (χ3n) is 5.48. The number of nitrogens with zero attached hydrogens (tertiary/aromatic N) is 3. The quantitative estimate of drug-likeness (QED) is 0.474. The minimum absolute atomic E-state index is 0.142. The number of carbonyl (C=O) groups is 2. The van der Waals surface area contributed by atoms with Crippen molar-refractivity contribution in [3.05, 3.63) is 93.7 Å². The molecule has 6 nitrogen and oxygen atoms in total. The van der Waals surface area contributed by atoms with Crippen LogP contribution in [0.15, 0.2) is 71.1 Å². The van der Waals surface area contributed by atoms with Crippen LogP contribution in [-0.4, -0.2) is 54.2 Å². The molecule has 34 heavy (non-hydrogen) atoms. The molecule has 1 aromatic heterocycles. The van der Waals surface area contributed by atoms with Crippen molar-refractivity contribution in [2.75, 3.05) is 26.8 Å². The second kappa shape index (κ2) is 10.7. The molecule has 0 N–H and O–H groups in total. The first-order chi connectivity index (χ1) is 16.5. The number of rotatable bonds is 8. The van der Waals surface area contributed by atoms with Gasteiger partial charge in [-0.2, -0.15) is 5.10 Å². The van der Waals surface area contributed by atoms with Crippen LogP contribution in [0.3, 0.4) is 0 Å². The van der Waals surface area contributed by atoms with Gasteiger partial charge in [0.05, 0.1) is 23.2 Å². The van der Waals surface area contributed by atoms with Gasteiger partial charge in [-0.05, 0) is 47.3 Å². The molecule has 0 spiro atoms. The Morgan fingerprint density at radius 1 is 1.12 bits per heavy atom. The van der Waals surface area contributed by atoms with E-state index in [9.17, 15) is 18.4 Å². The zero-order valence-corrected chi connectivity index (χ0v) is 19.3. The topological polar surface area (TPSA) is 62.2 Å². The Hall–Kier alpha value is -3.43. The summed E-state index contributed by atoms with van der Waals surface area (Å²) in [5.74, 6) is -1.79. The SMILES string of the molecule is COCCN(CC(=O)N1N=C(c2cccs2)CC1c1ccc(F)cc1)C(=O)c1cccc(F)c1. The highest BCUT2D eigenvalue weighted by molar-refractivity contribution is 7.12. The number of hydrogen-bond acceptors (Lipinski definition) is 5. The monoisotopic (exact) mass is 483 g/mol. The summed E-state index contributed by atoms with van der Waals surface area (Å²) in [5.41, 5.74) is 1.63. The van der Waals surface area contributed by atoms with Crippen molar-refractivity contribution in [2.24, 2.45) is 5.10 Å². The third kappa shape index (κ3) is 5.37. The average molecular weight is 484 g/mol. The van der Waals surface area contributed by atoms with Gasteiger partial charge in [0.25, 0.3) is 11.8 Å². The number of halogens is 2. The molecule has 2 aromatic carbocycles. The van der Waals surface area contributed by atoms with Crippen LogP contribution in [0.5, 0.6) is 0 Å². The lowest BCUT2D eigenvalue weighted by molar-refractivity contribution is -0.133. The second-order valence-electron chi connectivity index (χ2n) is 7.76. The number of ether oxygens (including phenoxy) is 1. The molecule has 2 amide bonds. The fourth-order valence-corrected chi connectivity index (χ4v) is 4.49. The van der Waals surface area contributed by atoms with Crippen LogP contribution in [0.2, 0.25) is 0 Å². The van der Waals surface area contributed by atoms with Crippen molar-refractivity contribution in [3.63, 3.8) is 0 Å². The van der Waals surface area contributed by atoms with Gasteiger partial charge in [-0.15, -0.1) is 11.3 Å². The van der Waals surface area contributed by atoms with E-state index in [1.807, 2.05) is 17.5 Å². The first kappa shape index (κ1) is 23.7. The molecule has 1 atom stereocenters. The summed E-state index contributed by atoms with van der Waals surface area (Å²) < 4.78 is 32.3. The summed E-state index contributed by atoms with van der Waals surface area (Å²) >= 11 is 1.52. The van der Waals surface area contributed by atoms with Crippen LogP contribution in [0.4, 0.5) is 8.78 Å². The molecular weight excluding hydrogens is 460 g/mol. The summed E-state index contributed by atoms with van der Waals surface area (Å²) in [7, 11) is 1.50. The Kier molecular flexibility index (Phi) is 7.44. The van der Waals surface area contributed by atoms with Gasteiger partial charge in [0.1, 0.15) is 18.2 Å². The molecule has 1 aliphatic heterocycles.